The molecule has 0 atom stereocenters. The lowest BCUT2D eigenvalue weighted by Gasteiger charge is -2.03. The second-order valence-electron chi connectivity index (χ2n) is 3.13. The lowest BCUT2D eigenvalue weighted by molar-refractivity contribution is -0.383. The average Bonchev–Trinajstić information content (AvgIpc) is 2.18. The number of anilines is 1. The quantitative estimate of drug-likeness (QED) is 0.358. The first-order valence-electron chi connectivity index (χ1n) is 4.38. The lowest BCUT2D eigenvalue weighted by atomic mass is 10.1. The first kappa shape index (κ1) is 11.6. The van der Waals surface area contributed by atoms with E-state index in [0.717, 1.165) is 5.56 Å². The van der Waals surface area contributed by atoms with Crippen LogP contribution < -0.4 is 5.73 Å². The maximum atomic E-state index is 10.7. The van der Waals surface area contributed by atoms with Crippen molar-refractivity contribution in [3.8, 4) is 0 Å². The Morgan fingerprint density at radius 1 is 1.60 bits per heavy atom. The fraction of sp³-hybridized carbons (Fsp3) is 0.200. The van der Waals surface area contributed by atoms with Gasteiger partial charge in [-0.15, -0.1) is 0 Å². The molecule has 0 spiro atoms. The highest BCUT2D eigenvalue weighted by Gasteiger charge is 2.14. The van der Waals surface area contributed by atoms with Gasteiger partial charge in [-0.2, -0.15) is 12.6 Å². The fourth-order valence-corrected chi connectivity index (χ4v) is 1.38. The molecule has 5 heteroatoms. The van der Waals surface area contributed by atoms with Crippen molar-refractivity contribution in [3.05, 3.63) is 39.4 Å². The molecular weight excluding hydrogens is 212 g/mol. The first-order chi connectivity index (χ1) is 7.06. The standard InChI is InChI=1S/C10H12N2O2S/c1-7-5-8(3-2-4-15)10(11)9(6-7)12(13)14/h2-3,5-6,15H,4,11H2,1H3. The van der Waals surface area contributed by atoms with E-state index in [-0.39, 0.29) is 11.4 Å². The van der Waals surface area contributed by atoms with Gasteiger partial charge in [0.15, 0.2) is 0 Å². The molecule has 0 amide bonds. The number of benzene rings is 1. The van der Waals surface area contributed by atoms with Crippen LogP contribution in [-0.4, -0.2) is 10.7 Å². The highest BCUT2D eigenvalue weighted by atomic mass is 32.1. The second-order valence-corrected chi connectivity index (χ2v) is 3.49. The monoisotopic (exact) mass is 224 g/mol. The topological polar surface area (TPSA) is 69.2 Å². The summed E-state index contributed by atoms with van der Waals surface area (Å²) in [7, 11) is 0. The van der Waals surface area contributed by atoms with Crippen molar-refractivity contribution in [2.45, 2.75) is 6.92 Å². The van der Waals surface area contributed by atoms with E-state index in [1.165, 1.54) is 6.07 Å². The van der Waals surface area contributed by atoms with Crippen LogP contribution in [-0.2, 0) is 0 Å². The van der Waals surface area contributed by atoms with Crippen LogP contribution in [0.4, 0.5) is 11.4 Å². The molecule has 1 aromatic rings. The highest BCUT2D eigenvalue weighted by molar-refractivity contribution is 7.80. The van der Waals surface area contributed by atoms with E-state index in [1.54, 1.807) is 19.1 Å². The van der Waals surface area contributed by atoms with Crippen molar-refractivity contribution in [1.82, 2.24) is 0 Å². The van der Waals surface area contributed by atoms with Gasteiger partial charge in [0, 0.05) is 17.4 Å². The number of rotatable bonds is 3. The molecule has 0 aliphatic heterocycles. The minimum Gasteiger partial charge on any atom is -0.393 e. The van der Waals surface area contributed by atoms with E-state index in [9.17, 15) is 10.1 Å². The Labute approximate surface area is 93.3 Å². The van der Waals surface area contributed by atoms with Gasteiger partial charge in [-0.1, -0.05) is 12.2 Å². The summed E-state index contributed by atoms with van der Waals surface area (Å²) < 4.78 is 0. The zero-order valence-electron chi connectivity index (χ0n) is 8.30. The third kappa shape index (κ3) is 2.73. The average molecular weight is 224 g/mol. The number of aryl methyl sites for hydroxylation is 1. The first-order valence-corrected chi connectivity index (χ1v) is 5.01. The summed E-state index contributed by atoms with van der Waals surface area (Å²) >= 11 is 4.02. The second kappa shape index (κ2) is 4.84. The van der Waals surface area contributed by atoms with Gasteiger partial charge in [0.25, 0.3) is 5.69 Å². The van der Waals surface area contributed by atoms with E-state index in [1.807, 2.05) is 6.07 Å². The van der Waals surface area contributed by atoms with Gasteiger partial charge in [0.2, 0.25) is 0 Å². The van der Waals surface area contributed by atoms with Crippen LogP contribution in [0.2, 0.25) is 0 Å². The summed E-state index contributed by atoms with van der Waals surface area (Å²) in [6, 6.07) is 3.27. The number of nitrogens with zero attached hydrogens (tertiary/aromatic N) is 1. The minimum absolute atomic E-state index is 0.0474. The van der Waals surface area contributed by atoms with E-state index in [0.29, 0.717) is 11.3 Å². The molecule has 0 unspecified atom stereocenters. The molecule has 0 saturated carbocycles. The van der Waals surface area contributed by atoms with E-state index < -0.39 is 4.92 Å². The maximum absolute atomic E-state index is 10.7. The van der Waals surface area contributed by atoms with Crippen molar-refractivity contribution >= 4 is 30.1 Å². The summed E-state index contributed by atoms with van der Waals surface area (Å²) in [5, 5.41) is 10.7. The predicted octanol–water partition coefficient (Wildman–Crippen LogP) is 2.43. The maximum Gasteiger partial charge on any atom is 0.292 e. The number of nitro benzene ring substituents is 1. The van der Waals surface area contributed by atoms with Crippen LogP contribution in [0.1, 0.15) is 11.1 Å². The van der Waals surface area contributed by atoms with Gasteiger partial charge >= 0.3 is 0 Å². The fourth-order valence-electron chi connectivity index (χ4n) is 1.27. The van der Waals surface area contributed by atoms with Gasteiger partial charge in [-0.05, 0) is 18.6 Å². The van der Waals surface area contributed by atoms with Crippen LogP contribution >= 0.6 is 12.6 Å². The zero-order valence-corrected chi connectivity index (χ0v) is 9.20. The third-order valence-corrected chi connectivity index (χ3v) is 2.14. The molecule has 0 saturated heterocycles. The highest BCUT2D eigenvalue weighted by Crippen LogP contribution is 2.27. The summed E-state index contributed by atoms with van der Waals surface area (Å²) in [6.45, 7) is 1.80. The number of nitrogen functional groups attached to an aromatic ring is 1. The summed E-state index contributed by atoms with van der Waals surface area (Å²) in [4.78, 5) is 10.2. The van der Waals surface area contributed by atoms with Gasteiger partial charge in [-0.3, -0.25) is 10.1 Å². The molecule has 0 fully saturated rings. The molecule has 0 aliphatic rings. The smallest absolute Gasteiger partial charge is 0.292 e. The van der Waals surface area contributed by atoms with Crippen LogP contribution in [0.3, 0.4) is 0 Å². The molecule has 4 nitrogen and oxygen atoms in total. The Kier molecular flexibility index (Phi) is 3.74. The number of hydrogen-bond acceptors (Lipinski definition) is 4. The Hall–Kier alpha value is -1.49. The number of hydrogen-bond donors (Lipinski definition) is 2. The summed E-state index contributed by atoms with van der Waals surface area (Å²) in [5.41, 5.74) is 7.30. The van der Waals surface area contributed by atoms with Crippen molar-refractivity contribution in [3.63, 3.8) is 0 Å². The molecule has 0 heterocycles. The van der Waals surface area contributed by atoms with Gasteiger partial charge in [0.05, 0.1) is 4.92 Å². The number of nitro groups is 1. The van der Waals surface area contributed by atoms with Crippen LogP contribution in [0.25, 0.3) is 6.08 Å². The van der Waals surface area contributed by atoms with Crippen LogP contribution in [0.15, 0.2) is 18.2 Å². The Morgan fingerprint density at radius 2 is 2.27 bits per heavy atom. The zero-order chi connectivity index (χ0) is 11.4. The molecule has 0 bridgehead atoms. The van der Waals surface area contributed by atoms with Crippen LogP contribution in [0.5, 0.6) is 0 Å². The van der Waals surface area contributed by atoms with Crippen molar-refractivity contribution in [2.75, 3.05) is 11.5 Å². The van der Waals surface area contributed by atoms with E-state index >= 15 is 0 Å². The van der Waals surface area contributed by atoms with Crippen molar-refractivity contribution in [1.29, 1.82) is 0 Å². The molecule has 1 aromatic carbocycles. The molecule has 0 radical (unpaired) electrons. The number of thiol groups is 1. The third-order valence-electron chi connectivity index (χ3n) is 1.93. The normalized spacial score (nSPS) is 10.8. The molecular formula is C10H12N2O2S. The van der Waals surface area contributed by atoms with E-state index in [4.69, 9.17) is 5.73 Å². The predicted molar refractivity (Wildman–Crippen MR) is 65.1 cm³/mol. The molecule has 2 N–H and O–H groups in total. The summed E-state index contributed by atoms with van der Waals surface area (Å²) in [5.74, 6) is 0.571. The van der Waals surface area contributed by atoms with E-state index in [2.05, 4.69) is 12.6 Å². The lowest BCUT2D eigenvalue weighted by Crippen LogP contribution is -1.98. The van der Waals surface area contributed by atoms with Gasteiger partial charge in [0.1, 0.15) is 5.69 Å². The SMILES string of the molecule is Cc1cc(C=CCS)c(N)c([N+](=O)[O-])c1. The molecule has 15 heavy (non-hydrogen) atoms. The Bertz CT molecular complexity index is 416. The minimum atomic E-state index is -0.472. The molecule has 80 valence electrons. The van der Waals surface area contributed by atoms with Crippen molar-refractivity contribution < 1.29 is 4.92 Å². The molecule has 0 aromatic heterocycles. The van der Waals surface area contributed by atoms with Gasteiger partial charge in [-0.25, -0.2) is 0 Å². The summed E-state index contributed by atoms with van der Waals surface area (Å²) in [6.07, 6.45) is 3.53. The molecule has 0 aliphatic carbocycles. The largest absolute Gasteiger partial charge is 0.393 e. The van der Waals surface area contributed by atoms with Crippen molar-refractivity contribution in [2.24, 2.45) is 0 Å². The number of nitrogens with two attached hydrogens (primary N) is 1. The van der Waals surface area contributed by atoms with Crippen LogP contribution in [0, 0.1) is 17.0 Å². The Balaban J connectivity index is 3.28. The molecule has 1 rings (SSSR count). The Morgan fingerprint density at radius 3 is 2.80 bits per heavy atom. The van der Waals surface area contributed by atoms with Gasteiger partial charge < -0.3 is 5.73 Å².